The van der Waals surface area contributed by atoms with Gasteiger partial charge in [-0.15, -0.1) is 0 Å². The lowest BCUT2D eigenvalue weighted by Gasteiger charge is -2.02. The molecule has 2 aromatic rings. The second-order valence-electron chi connectivity index (χ2n) is 2.65. The zero-order chi connectivity index (χ0) is 11.4. The molecular formula is C9H5ClN4OS. The van der Waals surface area contributed by atoms with Crippen LogP contribution in [0.2, 0.25) is 5.15 Å². The molecule has 0 spiro atoms. The molecule has 80 valence electrons. The van der Waals surface area contributed by atoms with Crippen molar-refractivity contribution in [1.82, 2.24) is 19.9 Å². The topological polar surface area (TPSA) is 68.6 Å². The van der Waals surface area contributed by atoms with Gasteiger partial charge in [-0.3, -0.25) is 9.78 Å². The number of halogens is 1. The van der Waals surface area contributed by atoms with Crippen molar-refractivity contribution in [3.05, 3.63) is 35.6 Å². The number of hydrogen-bond donors (Lipinski definition) is 0. The van der Waals surface area contributed by atoms with Gasteiger partial charge in [0.1, 0.15) is 21.5 Å². The minimum atomic E-state index is 0.136. The van der Waals surface area contributed by atoms with E-state index in [-0.39, 0.29) is 10.7 Å². The normalized spacial score (nSPS) is 10.1. The molecule has 0 aliphatic carbocycles. The number of carbonyl (C=O) groups is 1. The maximum absolute atomic E-state index is 10.8. The van der Waals surface area contributed by atoms with Gasteiger partial charge >= 0.3 is 0 Å². The van der Waals surface area contributed by atoms with Crippen LogP contribution in [0.5, 0.6) is 0 Å². The van der Waals surface area contributed by atoms with Crippen LogP contribution in [0, 0.1) is 0 Å². The summed E-state index contributed by atoms with van der Waals surface area (Å²) in [6.07, 6.45) is 6.63. The van der Waals surface area contributed by atoms with Crippen LogP contribution in [-0.2, 0) is 0 Å². The van der Waals surface area contributed by atoms with Crippen molar-refractivity contribution in [2.75, 3.05) is 0 Å². The highest BCUT2D eigenvalue weighted by Gasteiger charge is 2.10. The second-order valence-corrected chi connectivity index (χ2v) is 4.01. The Balaban J connectivity index is 2.35. The molecule has 0 fully saturated rings. The lowest BCUT2D eigenvalue weighted by Crippen LogP contribution is -1.94. The van der Waals surface area contributed by atoms with Crippen LogP contribution in [0.4, 0.5) is 0 Å². The molecule has 7 heteroatoms. The first kappa shape index (κ1) is 11.0. The summed E-state index contributed by atoms with van der Waals surface area (Å²) in [5, 5.41) is 1.24. The fourth-order valence-electron chi connectivity index (χ4n) is 0.977. The summed E-state index contributed by atoms with van der Waals surface area (Å²) in [7, 11) is 0. The molecule has 0 aliphatic heterocycles. The van der Waals surface area contributed by atoms with Gasteiger partial charge in [-0.1, -0.05) is 11.6 Å². The molecule has 0 unspecified atom stereocenters. The average molecular weight is 253 g/mol. The molecule has 0 aliphatic rings. The summed E-state index contributed by atoms with van der Waals surface area (Å²) >= 11 is 6.98. The Hall–Kier alpha value is -1.53. The summed E-state index contributed by atoms with van der Waals surface area (Å²) in [6.45, 7) is 0. The standard InChI is InChI=1S/C9H5ClN4OS/c10-8-6(4-15)9(14-5-13-8)16-7-3-11-1-2-12-7/h1-5H. The van der Waals surface area contributed by atoms with Gasteiger partial charge in [-0.25, -0.2) is 15.0 Å². The highest BCUT2D eigenvalue weighted by molar-refractivity contribution is 7.99. The zero-order valence-corrected chi connectivity index (χ0v) is 9.44. The second kappa shape index (κ2) is 5.00. The number of hydrogen-bond acceptors (Lipinski definition) is 6. The minimum Gasteiger partial charge on any atom is -0.298 e. The molecule has 0 bridgehead atoms. The highest BCUT2D eigenvalue weighted by Crippen LogP contribution is 2.27. The van der Waals surface area contributed by atoms with E-state index in [0.29, 0.717) is 16.3 Å². The van der Waals surface area contributed by atoms with Crippen LogP contribution in [-0.4, -0.2) is 26.2 Å². The van der Waals surface area contributed by atoms with Crippen molar-refractivity contribution in [2.45, 2.75) is 10.1 Å². The first-order valence-electron chi connectivity index (χ1n) is 4.21. The van der Waals surface area contributed by atoms with Crippen LogP contribution in [0.3, 0.4) is 0 Å². The third-order valence-electron chi connectivity index (χ3n) is 1.66. The Labute approximate surface area is 100 Å². The lowest BCUT2D eigenvalue weighted by atomic mass is 10.4. The Morgan fingerprint density at radius 2 is 2.12 bits per heavy atom. The molecule has 0 aromatic carbocycles. The van der Waals surface area contributed by atoms with E-state index >= 15 is 0 Å². The summed E-state index contributed by atoms with van der Waals surface area (Å²) < 4.78 is 0. The zero-order valence-electron chi connectivity index (χ0n) is 7.87. The SMILES string of the molecule is O=Cc1c(Cl)ncnc1Sc1cnccn1. The summed E-state index contributed by atoms with van der Waals surface area (Å²) in [5.41, 5.74) is 0.264. The van der Waals surface area contributed by atoms with E-state index in [1.165, 1.54) is 18.1 Å². The van der Waals surface area contributed by atoms with E-state index in [4.69, 9.17) is 11.6 Å². The summed E-state index contributed by atoms with van der Waals surface area (Å²) in [5.74, 6) is 0. The van der Waals surface area contributed by atoms with Crippen molar-refractivity contribution in [2.24, 2.45) is 0 Å². The molecule has 0 amide bonds. The molecule has 0 atom stereocenters. The molecule has 16 heavy (non-hydrogen) atoms. The molecule has 0 saturated heterocycles. The van der Waals surface area contributed by atoms with E-state index in [0.717, 1.165) is 0 Å². The van der Waals surface area contributed by atoms with Crippen LogP contribution in [0.1, 0.15) is 10.4 Å². The van der Waals surface area contributed by atoms with Gasteiger partial charge < -0.3 is 0 Å². The first-order chi connectivity index (χ1) is 7.81. The Kier molecular flexibility index (Phi) is 3.43. The molecule has 2 aromatic heterocycles. The third-order valence-corrected chi connectivity index (χ3v) is 2.90. The first-order valence-corrected chi connectivity index (χ1v) is 5.40. The molecule has 0 N–H and O–H groups in total. The van der Waals surface area contributed by atoms with Gasteiger partial charge in [0, 0.05) is 12.4 Å². The predicted molar refractivity (Wildman–Crippen MR) is 58.6 cm³/mol. The van der Waals surface area contributed by atoms with Crippen molar-refractivity contribution >= 4 is 29.6 Å². The van der Waals surface area contributed by atoms with Gasteiger partial charge in [0.2, 0.25) is 0 Å². The molecule has 0 radical (unpaired) electrons. The van der Waals surface area contributed by atoms with Crippen LogP contribution >= 0.6 is 23.4 Å². The number of aromatic nitrogens is 4. The molecule has 5 nitrogen and oxygen atoms in total. The van der Waals surface area contributed by atoms with Gasteiger partial charge in [0.05, 0.1) is 11.8 Å². The van der Waals surface area contributed by atoms with E-state index < -0.39 is 0 Å². The smallest absolute Gasteiger partial charge is 0.155 e. The molecule has 2 heterocycles. The lowest BCUT2D eigenvalue weighted by molar-refractivity contribution is 0.112. The van der Waals surface area contributed by atoms with Crippen LogP contribution in [0.25, 0.3) is 0 Å². The monoisotopic (exact) mass is 252 g/mol. The fourth-order valence-corrected chi connectivity index (χ4v) is 1.99. The maximum atomic E-state index is 10.8. The highest BCUT2D eigenvalue weighted by atomic mass is 35.5. The number of nitrogens with zero attached hydrogens (tertiary/aromatic N) is 4. The maximum Gasteiger partial charge on any atom is 0.155 e. The van der Waals surface area contributed by atoms with Crippen molar-refractivity contribution < 1.29 is 4.79 Å². The Morgan fingerprint density at radius 3 is 2.81 bits per heavy atom. The van der Waals surface area contributed by atoms with Gasteiger partial charge in [-0.2, -0.15) is 0 Å². The van der Waals surface area contributed by atoms with E-state index in [1.807, 2.05) is 0 Å². The van der Waals surface area contributed by atoms with E-state index in [1.54, 1.807) is 18.6 Å². The third kappa shape index (κ3) is 2.34. The van der Waals surface area contributed by atoms with Crippen LogP contribution in [0.15, 0.2) is 35.0 Å². The summed E-state index contributed by atoms with van der Waals surface area (Å²) in [6, 6.07) is 0. The van der Waals surface area contributed by atoms with Gasteiger partial charge in [-0.05, 0) is 11.8 Å². The molecule has 0 saturated carbocycles. The Bertz CT molecular complexity index is 508. The number of rotatable bonds is 3. The predicted octanol–water partition coefficient (Wildman–Crippen LogP) is 1.88. The quantitative estimate of drug-likeness (QED) is 0.614. The van der Waals surface area contributed by atoms with E-state index in [9.17, 15) is 4.79 Å². The van der Waals surface area contributed by atoms with Crippen molar-refractivity contribution in [3.63, 3.8) is 0 Å². The van der Waals surface area contributed by atoms with E-state index in [2.05, 4.69) is 19.9 Å². The van der Waals surface area contributed by atoms with Gasteiger partial charge in [0.15, 0.2) is 6.29 Å². The Morgan fingerprint density at radius 1 is 1.25 bits per heavy atom. The molecular weight excluding hydrogens is 248 g/mol. The number of aldehydes is 1. The van der Waals surface area contributed by atoms with Crippen molar-refractivity contribution in [1.29, 1.82) is 0 Å². The largest absolute Gasteiger partial charge is 0.298 e. The minimum absolute atomic E-state index is 0.136. The molecule has 2 rings (SSSR count). The van der Waals surface area contributed by atoms with Crippen LogP contribution < -0.4 is 0 Å². The summed E-state index contributed by atoms with van der Waals surface area (Å²) in [4.78, 5) is 26.5. The fraction of sp³-hybridized carbons (Fsp3) is 0. The average Bonchev–Trinajstić information content (AvgIpc) is 2.31. The van der Waals surface area contributed by atoms with Gasteiger partial charge in [0.25, 0.3) is 0 Å². The van der Waals surface area contributed by atoms with Crippen molar-refractivity contribution in [3.8, 4) is 0 Å². The number of carbonyl (C=O) groups excluding carboxylic acids is 1.